The molecule has 2 heterocycles. The predicted molar refractivity (Wildman–Crippen MR) is 91.5 cm³/mol. The Morgan fingerprint density at radius 3 is 3.00 bits per heavy atom. The Bertz CT molecular complexity index is 710. The minimum Gasteiger partial charge on any atom is -0.382 e. The van der Waals surface area contributed by atoms with Crippen LogP contribution in [-0.2, 0) is 0 Å². The minimum atomic E-state index is 0.291. The van der Waals surface area contributed by atoms with Crippen LogP contribution in [-0.4, -0.2) is 25.3 Å². The molecule has 0 aromatic carbocycles. The average molecular weight is 304 g/mol. The second-order valence-corrected chi connectivity index (χ2v) is 6.49. The van der Waals surface area contributed by atoms with Crippen LogP contribution in [0.2, 0.25) is 0 Å². The lowest BCUT2D eigenvalue weighted by molar-refractivity contribution is 0.377. The Kier molecular flexibility index (Phi) is 3.72. The third-order valence-corrected chi connectivity index (χ3v) is 4.90. The fourth-order valence-corrected chi connectivity index (χ4v) is 3.49. The van der Waals surface area contributed by atoms with Crippen LogP contribution in [0.1, 0.15) is 6.42 Å². The fraction of sp³-hybridized carbons (Fsp3) is 0.368. The van der Waals surface area contributed by atoms with E-state index in [0.717, 1.165) is 25.1 Å². The van der Waals surface area contributed by atoms with Gasteiger partial charge in [-0.15, -0.1) is 0 Å². The number of allylic oxidation sites excluding steroid dienone is 9. The van der Waals surface area contributed by atoms with Crippen molar-refractivity contribution in [3.8, 4) is 6.07 Å². The van der Waals surface area contributed by atoms with E-state index in [9.17, 15) is 0 Å². The average Bonchev–Trinajstić information content (AvgIpc) is 2.57. The van der Waals surface area contributed by atoms with Gasteiger partial charge in [0.25, 0.3) is 0 Å². The maximum absolute atomic E-state index is 9.15. The number of nitrogens with one attached hydrogen (secondary N) is 2. The summed E-state index contributed by atoms with van der Waals surface area (Å²) in [5, 5.41) is 16.1. The van der Waals surface area contributed by atoms with E-state index < -0.39 is 0 Å². The third-order valence-electron chi connectivity index (χ3n) is 4.90. The van der Waals surface area contributed by atoms with Gasteiger partial charge < -0.3 is 10.6 Å². The molecule has 3 unspecified atom stereocenters. The number of nitriles is 1. The molecule has 1 fully saturated rings. The molecule has 4 rings (SSSR count). The van der Waals surface area contributed by atoms with Gasteiger partial charge in [-0.2, -0.15) is 5.26 Å². The van der Waals surface area contributed by atoms with E-state index in [2.05, 4.69) is 52.1 Å². The third kappa shape index (κ3) is 2.80. The number of fused-ring (bicyclic) bond motifs is 1. The first kappa shape index (κ1) is 14.2. The van der Waals surface area contributed by atoms with Crippen molar-refractivity contribution in [3.05, 3.63) is 59.5 Å². The second-order valence-electron chi connectivity index (χ2n) is 6.49. The van der Waals surface area contributed by atoms with E-state index in [4.69, 9.17) is 5.26 Å². The SMILES string of the molecule is N#CC1=CC(C2=CC3C=CN=CC3C(NC3CNC3)=C2)CC=C1. The molecular weight excluding hydrogens is 284 g/mol. The van der Waals surface area contributed by atoms with Gasteiger partial charge in [-0.05, 0) is 24.1 Å². The van der Waals surface area contributed by atoms with Crippen LogP contribution in [0, 0.1) is 29.1 Å². The maximum Gasteiger partial charge on any atom is 0.0988 e. The molecule has 1 saturated heterocycles. The number of aliphatic imine (C=N–C) groups is 1. The molecule has 2 aliphatic carbocycles. The van der Waals surface area contributed by atoms with E-state index >= 15 is 0 Å². The number of hydrogen-bond donors (Lipinski definition) is 2. The number of nitrogens with zero attached hydrogens (tertiary/aromatic N) is 2. The molecule has 0 aromatic heterocycles. The van der Waals surface area contributed by atoms with E-state index in [1.54, 1.807) is 0 Å². The summed E-state index contributed by atoms with van der Waals surface area (Å²) in [6, 6.07) is 2.77. The van der Waals surface area contributed by atoms with Crippen molar-refractivity contribution < 1.29 is 0 Å². The first-order valence-electron chi connectivity index (χ1n) is 8.22. The summed E-state index contributed by atoms with van der Waals surface area (Å²) in [7, 11) is 0. The summed E-state index contributed by atoms with van der Waals surface area (Å²) in [6.45, 7) is 2.04. The zero-order chi connectivity index (χ0) is 15.6. The lowest BCUT2D eigenvalue weighted by Crippen LogP contribution is -2.56. The smallest absolute Gasteiger partial charge is 0.0988 e. The molecule has 4 heteroatoms. The molecule has 0 spiro atoms. The van der Waals surface area contributed by atoms with Gasteiger partial charge in [-0.3, -0.25) is 4.99 Å². The molecule has 23 heavy (non-hydrogen) atoms. The van der Waals surface area contributed by atoms with E-state index in [1.807, 2.05) is 18.5 Å². The van der Waals surface area contributed by atoms with Crippen LogP contribution >= 0.6 is 0 Å². The summed E-state index contributed by atoms with van der Waals surface area (Å²) in [5.41, 5.74) is 3.32. The molecule has 0 bridgehead atoms. The first-order chi connectivity index (χ1) is 11.3. The Hall–Kier alpha value is -2.38. The minimum absolute atomic E-state index is 0.291. The lowest BCUT2D eigenvalue weighted by Gasteiger charge is -2.36. The summed E-state index contributed by atoms with van der Waals surface area (Å²) in [6.07, 6.45) is 17.8. The Labute approximate surface area is 136 Å². The fourth-order valence-electron chi connectivity index (χ4n) is 3.49. The van der Waals surface area contributed by atoms with Crippen molar-refractivity contribution in [3.63, 3.8) is 0 Å². The van der Waals surface area contributed by atoms with Gasteiger partial charge in [-0.25, -0.2) is 0 Å². The molecule has 4 nitrogen and oxygen atoms in total. The Balaban J connectivity index is 1.63. The Morgan fingerprint density at radius 1 is 1.30 bits per heavy atom. The highest BCUT2D eigenvalue weighted by molar-refractivity contribution is 5.70. The van der Waals surface area contributed by atoms with Crippen LogP contribution in [0.15, 0.2) is 64.5 Å². The zero-order valence-electron chi connectivity index (χ0n) is 12.9. The van der Waals surface area contributed by atoms with Crippen molar-refractivity contribution in [2.75, 3.05) is 13.1 Å². The highest BCUT2D eigenvalue weighted by Gasteiger charge is 2.30. The maximum atomic E-state index is 9.15. The molecule has 4 aliphatic rings. The van der Waals surface area contributed by atoms with Crippen molar-refractivity contribution in [1.82, 2.24) is 10.6 Å². The van der Waals surface area contributed by atoms with Gasteiger partial charge in [0.1, 0.15) is 0 Å². The topological polar surface area (TPSA) is 60.2 Å². The highest BCUT2D eigenvalue weighted by atomic mass is 15.1. The largest absolute Gasteiger partial charge is 0.382 e. The van der Waals surface area contributed by atoms with Gasteiger partial charge in [0.15, 0.2) is 0 Å². The van der Waals surface area contributed by atoms with Crippen molar-refractivity contribution in [1.29, 1.82) is 5.26 Å². The zero-order valence-corrected chi connectivity index (χ0v) is 12.9. The molecule has 3 atom stereocenters. The van der Waals surface area contributed by atoms with Crippen LogP contribution in [0.3, 0.4) is 0 Å². The molecule has 0 amide bonds. The second kappa shape index (κ2) is 6.02. The molecule has 2 aliphatic heterocycles. The monoisotopic (exact) mass is 304 g/mol. The van der Waals surface area contributed by atoms with E-state index in [-0.39, 0.29) is 0 Å². The van der Waals surface area contributed by atoms with Crippen LogP contribution in [0.5, 0.6) is 0 Å². The van der Waals surface area contributed by atoms with Gasteiger partial charge in [0, 0.05) is 54.5 Å². The quantitative estimate of drug-likeness (QED) is 0.840. The Morgan fingerprint density at radius 2 is 2.22 bits per heavy atom. The highest BCUT2D eigenvalue weighted by Crippen LogP contribution is 2.35. The van der Waals surface area contributed by atoms with Gasteiger partial charge >= 0.3 is 0 Å². The van der Waals surface area contributed by atoms with E-state index in [0.29, 0.717) is 23.8 Å². The summed E-state index contributed by atoms with van der Waals surface area (Å²) < 4.78 is 0. The first-order valence-corrected chi connectivity index (χ1v) is 8.22. The van der Waals surface area contributed by atoms with Crippen molar-refractivity contribution in [2.45, 2.75) is 12.5 Å². The standard InChI is InChI=1S/C19H20N4/c20-9-13-2-1-3-14(6-13)16-7-15-4-5-21-12-18(15)19(8-16)23-17-10-22-11-17/h1-2,4-8,12,14-15,17-18,22-23H,3,10-11H2. The van der Waals surface area contributed by atoms with Crippen molar-refractivity contribution >= 4 is 6.21 Å². The van der Waals surface area contributed by atoms with Crippen LogP contribution in [0.4, 0.5) is 0 Å². The summed E-state index contributed by atoms with van der Waals surface area (Å²) in [5.74, 6) is 0.954. The van der Waals surface area contributed by atoms with Crippen molar-refractivity contribution in [2.24, 2.45) is 22.7 Å². The molecule has 0 radical (unpaired) electrons. The lowest BCUT2D eigenvalue weighted by atomic mass is 9.77. The van der Waals surface area contributed by atoms with Crippen LogP contribution < -0.4 is 10.6 Å². The summed E-state index contributed by atoms with van der Waals surface area (Å²) in [4.78, 5) is 4.33. The van der Waals surface area contributed by atoms with Gasteiger partial charge in [-0.1, -0.05) is 24.3 Å². The van der Waals surface area contributed by atoms with E-state index in [1.165, 1.54) is 11.3 Å². The normalized spacial score (nSPS) is 32.1. The predicted octanol–water partition coefficient (Wildman–Crippen LogP) is 2.23. The molecule has 2 N–H and O–H groups in total. The number of hydrogen-bond acceptors (Lipinski definition) is 4. The van der Waals surface area contributed by atoms with Crippen LogP contribution in [0.25, 0.3) is 0 Å². The molecule has 0 aromatic rings. The number of rotatable bonds is 3. The molecular formula is C19H20N4. The van der Waals surface area contributed by atoms with Gasteiger partial charge in [0.2, 0.25) is 0 Å². The van der Waals surface area contributed by atoms with Gasteiger partial charge in [0.05, 0.1) is 12.1 Å². The molecule has 0 saturated carbocycles. The molecule has 116 valence electrons. The summed E-state index contributed by atoms with van der Waals surface area (Å²) >= 11 is 0.